The second-order valence-corrected chi connectivity index (χ2v) is 4.73. The summed E-state index contributed by atoms with van der Waals surface area (Å²) >= 11 is 1.42. The predicted molar refractivity (Wildman–Crippen MR) is 61.0 cm³/mol. The Morgan fingerprint density at radius 3 is 2.87 bits per heavy atom. The zero-order chi connectivity index (χ0) is 11.5. The molecule has 80 valence electrons. The van der Waals surface area contributed by atoms with Gasteiger partial charge in [0.2, 0.25) is 0 Å². The number of hydrogen-bond acceptors (Lipinski definition) is 3. The van der Waals surface area contributed by atoms with Gasteiger partial charge in [0.15, 0.2) is 0 Å². The molecule has 0 bridgehead atoms. The monoisotopic (exact) mass is 223 g/mol. The number of carbonyl (C=O) groups is 1. The largest absolute Gasteiger partial charge is 0.478 e. The Balaban J connectivity index is 2.60. The Morgan fingerprint density at radius 1 is 1.73 bits per heavy atom. The number of terminal acetylenes is 1. The number of carboxylic acids is 1. The molecule has 1 heterocycles. The number of thiophene rings is 1. The summed E-state index contributed by atoms with van der Waals surface area (Å²) in [7, 11) is 0. The third kappa shape index (κ3) is 3.39. The fourth-order valence-corrected chi connectivity index (χ4v) is 1.74. The Morgan fingerprint density at radius 2 is 2.40 bits per heavy atom. The van der Waals surface area contributed by atoms with Gasteiger partial charge in [-0.05, 0) is 19.9 Å². The van der Waals surface area contributed by atoms with Crippen LogP contribution in [0.1, 0.15) is 29.1 Å². The highest BCUT2D eigenvalue weighted by molar-refractivity contribution is 7.10. The van der Waals surface area contributed by atoms with Gasteiger partial charge in [-0.2, -0.15) is 0 Å². The average molecular weight is 223 g/mol. The molecule has 15 heavy (non-hydrogen) atoms. The molecule has 0 fully saturated rings. The van der Waals surface area contributed by atoms with Crippen molar-refractivity contribution in [2.75, 3.05) is 0 Å². The molecule has 0 spiro atoms. The van der Waals surface area contributed by atoms with Gasteiger partial charge in [0.05, 0.1) is 11.1 Å². The van der Waals surface area contributed by atoms with E-state index in [0.717, 1.165) is 4.88 Å². The Kier molecular flexibility index (Phi) is 3.51. The van der Waals surface area contributed by atoms with Crippen molar-refractivity contribution < 1.29 is 9.90 Å². The van der Waals surface area contributed by atoms with Crippen LogP contribution in [0.2, 0.25) is 0 Å². The van der Waals surface area contributed by atoms with Crippen LogP contribution in [0.5, 0.6) is 0 Å². The van der Waals surface area contributed by atoms with Crippen LogP contribution in [0.4, 0.5) is 0 Å². The molecule has 0 aliphatic heterocycles. The quantitative estimate of drug-likeness (QED) is 0.767. The van der Waals surface area contributed by atoms with Crippen molar-refractivity contribution in [3.63, 3.8) is 0 Å². The van der Waals surface area contributed by atoms with E-state index in [4.69, 9.17) is 11.5 Å². The van der Waals surface area contributed by atoms with E-state index in [9.17, 15) is 4.79 Å². The van der Waals surface area contributed by atoms with Gasteiger partial charge >= 0.3 is 5.97 Å². The molecule has 0 amide bonds. The third-order valence-electron chi connectivity index (χ3n) is 1.97. The molecule has 0 atom stereocenters. The molecule has 0 saturated carbocycles. The van der Waals surface area contributed by atoms with Crippen molar-refractivity contribution in [3.8, 4) is 12.3 Å². The number of carboxylic acid groups (broad SMARTS) is 1. The van der Waals surface area contributed by atoms with Crippen molar-refractivity contribution in [3.05, 3.63) is 21.9 Å². The fraction of sp³-hybridized carbons (Fsp3) is 0.364. The first-order valence-corrected chi connectivity index (χ1v) is 5.36. The van der Waals surface area contributed by atoms with E-state index in [1.54, 1.807) is 11.4 Å². The molecule has 0 aliphatic carbocycles. The predicted octanol–water partition coefficient (Wildman–Crippen LogP) is 1.95. The smallest absolute Gasteiger partial charge is 0.336 e. The number of nitrogens with one attached hydrogen (secondary N) is 1. The Bertz CT molecular complexity index is 401. The number of aromatic carboxylic acids is 1. The zero-order valence-electron chi connectivity index (χ0n) is 8.70. The second-order valence-electron chi connectivity index (χ2n) is 3.73. The normalized spacial score (nSPS) is 11.0. The maximum absolute atomic E-state index is 10.6. The summed E-state index contributed by atoms with van der Waals surface area (Å²) in [5.74, 6) is 1.72. The van der Waals surface area contributed by atoms with E-state index >= 15 is 0 Å². The van der Waals surface area contributed by atoms with Gasteiger partial charge in [-0.25, -0.2) is 4.79 Å². The van der Waals surface area contributed by atoms with Crippen LogP contribution in [0, 0.1) is 12.3 Å². The lowest BCUT2D eigenvalue weighted by Crippen LogP contribution is -2.36. The first-order chi connectivity index (χ1) is 6.94. The molecule has 3 nitrogen and oxygen atoms in total. The van der Waals surface area contributed by atoms with E-state index in [1.165, 1.54) is 11.3 Å². The maximum atomic E-state index is 10.6. The summed E-state index contributed by atoms with van der Waals surface area (Å²) in [4.78, 5) is 11.6. The lowest BCUT2D eigenvalue weighted by molar-refractivity contribution is 0.0697. The lowest BCUT2D eigenvalue weighted by atomic mass is 10.1. The SMILES string of the molecule is C#CC(C)(C)NCc1cc(C(=O)O)cs1. The standard InChI is InChI=1S/C11H13NO2S/c1-4-11(2,3)12-6-9-5-8(7-15-9)10(13)14/h1,5,7,12H,6H2,2-3H3,(H,13,14). The highest BCUT2D eigenvalue weighted by atomic mass is 32.1. The van der Waals surface area contributed by atoms with Gasteiger partial charge in [-0.15, -0.1) is 17.8 Å². The molecule has 1 aromatic heterocycles. The van der Waals surface area contributed by atoms with Gasteiger partial charge in [0.1, 0.15) is 0 Å². The van der Waals surface area contributed by atoms with Gasteiger partial charge in [-0.1, -0.05) is 5.92 Å². The molecule has 1 aromatic rings. The van der Waals surface area contributed by atoms with Crippen LogP contribution < -0.4 is 5.32 Å². The van der Waals surface area contributed by atoms with E-state index in [2.05, 4.69) is 11.2 Å². The summed E-state index contributed by atoms with van der Waals surface area (Å²) in [6.07, 6.45) is 5.32. The van der Waals surface area contributed by atoms with Gasteiger partial charge in [0.25, 0.3) is 0 Å². The van der Waals surface area contributed by atoms with E-state index in [-0.39, 0.29) is 5.54 Å². The van der Waals surface area contributed by atoms with Crippen LogP contribution in [0.25, 0.3) is 0 Å². The molecule has 0 unspecified atom stereocenters. The summed E-state index contributed by atoms with van der Waals surface area (Å²) < 4.78 is 0. The Labute approximate surface area is 93.1 Å². The van der Waals surface area contributed by atoms with Crippen LogP contribution in [-0.4, -0.2) is 16.6 Å². The number of hydrogen-bond donors (Lipinski definition) is 2. The molecular formula is C11H13NO2S. The lowest BCUT2D eigenvalue weighted by Gasteiger charge is -2.18. The second kappa shape index (κ2) is 4.47. The molecule has 0 aliphatic rings. The minimum atomic E-state index is -0.895. The highest BCUT2D eigenvalue weighted by Crippen LogP contribution is 2.15. The molecule has 0 aromatic carbocycles. The van der Waals surface area contributed by atoms with Crippen molar-refractivity contribution in [2.24, 2.45) is 0 Å². The van der Waals surface area contributed by atoms with E-state index < -0.39 is 5.97 Å². The average Bonchev–Trinajstić information content (AvgIpc) is 2.63. The van der Waals surface area contributed by atoms with Crippen molar-refractivity contribution >= 4 is 17.3 Å². The maximum Gasteiger partial charge on any atom is 0.336 e. The van der Waals surface area contributed by atoms with E-state index in [0.29, 0.717) is 12.1 Å². The van der Waals surface area contributed by atoms with Crippen LogP contribution in [-0.2, 0) is 6.54 Å². The molecular weight excluding hydrogens is 210 g/mol. The first-order valence-electron chi connectivity index (χ1n) is 4.48. The summed E-state index contributed by atoms with van der Waals surface area (Å²) in [6, 6.07) is 1.66. The fourth-order valence-electron chi connectivity index (χ4n) is 0.945. The molecule has 1 rings (SSSR count). The first kappa shape index (κ1) is 11.8. The molecule has 4 heteroatoms. The van der Waals surface area contributed by atoms with Gasteiger partial charge in [0, 0.05) is 16.8 Å². The minimum Gasteiger partial charge on any atom is -0.478 e. The van der Waals surface area contributed by atoms with Crippen molar-refractivity contribution in [2.45, 2.75) is 25.9 Å². The van der Waals surface area contributed by atoms with Crippen molar-refractivity contribution in [1.82, 2.24) is 5.32 Å². The topological polar surface area (TPSA) is 49.3 Å². The summed E-state index contributed by atoms with van der Waals surface area (Å²) in [6.45, 7) is 4.40. The summed E-state index contributed by atoms with van der Waals surface area (Å²) in [5.41, 5.74) is -0.0387. The molecule has 0 radical (unpaired) electrons. The zero-order valence-corrected chi connectivity index (χ0v) is 9.52. The van der Waals surface area contributed by atoms with Crippen LogP contribution in [0.3, 0.4) is 0 Å². The minimum absolute atomic E-state index is 0.329. The molecule has 0 saturated heterocycles. The third-order valence-corrected chi connectivity index (χ3v) is 2.90. The van der Waals surface area contributed by atoms with Crippen LogP contribution in [0.15, 0.2) is 11.4 Å². The van der Waals surface area contributed by atoms with Crippen LogP contribution >= 0.6 is 11.3 Å². The molecule has 2 N–H and O–H groups in total. The highest BCUT2D eigenvalue weighted by Gasteiger charge is 2.13. The van der Waals surface area contributed by atoms with Gasteiger partial charge < -0.3 is 5.11 Å². The number of rotatable bonds is 4. The Hall–Kier alpha value is -1.31. The van der Waals surface area contributed by atoms with Crippen molar-refractivity contribution in [1.29, 1.82) is 0 Å². The van der Waals surface area contributed by atoms with E-state index in [1.807, 2.05) is 13.8 Å². The van der Waals surface area contributed by atoms with Gasteiger partial charge in [-0.3, -0.25) is 5.32 Å². The summed E-state index contributed by atoms with van der Waals surface area (Å²) in [5, 5.41) is 13.5.